The van der Waals surface area contributed by atoms with Crippen LogP contribution in [-0.2, 0) is 4.79 Å². The van der Waals surface area contributed by atoms with Crippen LogP contribution in [0, 0.1) is 0 Å². The third kappa shape index (κ3) is 4.67. The molecule has 1 fully saturated rings. The molecule has 0 unspecified atom stereocenters. The first-order chi connectivity index (χ1) is 13.6. The minimum Gasteiger partial charge on any atom is -0.495 e. The van der Waals surface area contributed by atoms with Crippen LogP contribution in [0.25, 0.3) is 0 Å². The van der Waals surface area contributed by atoms with Crippen molar-refractivity contribution in [2.24, 2.45) is 0 Å². The summed E-state index contributed by atoms with van der Waals surface area (Å²) in [6, 6.07) is 13.4. The molecule has 2 aromatic rings. The van der Waals surface area contributed by atoms with Gasteiger partial charge in [0.25, 0.3) is 0 Å². The third-order valence-electron chi connectivity index (χ3n) is 4.83. The molecule has 0 atom stereocenters. The summed E-state index contributed by atoms with van der Waals surface area (Å²) >= 11 is 0. The van der Waals surface area contributed by atoms with Crippen LogP contribution in [0.3, 0.4) is 0 Å². The van der Waals surface area contributed by atoms with E-state index in [9.17, 15) is 4.79 Å². The van der Waals surface area contributed by atoms with Crippen molar-refractivity contribution in [1.82, 2.24) is 4.90 Å². The molecule has 0 spiro atoms. The number of para-hydroxylation sites is 2. The van der Waals surface area contributed by atoms with Gasteiger partial charge in [-0.3, -0.25) is 9.69 Å². The topological polar surface area (TPSA) is 63.3 Å². The summed E-state index contributed by atoms with van der Waals surface area (Å²) < 4.78 is 16.0. The van der Waals surface area contributed by atoms with Gasteiger partial charge in [0.15, 0.2) is 11.5 Å². The van der Waals surface area contributed by atoms with Gasteiger partial charge >= 0.3 is 0 Å². The number of ether oxygens (including phenoxy) is 3. The number of nitrogens with one attached hydrogen (secondary N) is 1. The minimum atomic E-state index is -0.0436. The van der Waals surface area contributed by atoms with Gasteiger partial charge in [0.1, 0.15) is 5.75 Å². The Balaban J connectivity index is 1.52. The Hall–Kier alpha value is -2.93. The fraction of sp³-hybridized carbons (Fsp3) is 0.381. The molecule has 1 heterocycles. The van der Waals surface area contributed by atoms with E-state index in [1.807, 2.05) is 18.2 Å². The Labute approximate surface area is 165 Å². The number of hydrogen-bond acceptors (Lipinski definition) is 6. The van der Waals surface area contributed by atoms with E-state index in [2.05, 4.69) is 21.2 Å². The van der Waals surface area contributed by atoms with Gasteiger partial charge in [-0.2, -0.15) is 0 Å². The second-order valence-electron chi connectivity index (χ2n) is 6.55. The molecule has 0 aliphatic carbocycles. The molecule has 1 aliphatic rings. The first-order valence-corrected chi connectivity index (χ1v) is 9.26. The van der Waals surface area contributed by atoms with E-state index in [1.165, 1.54) is 0 Å². The van der Waals surface area contributed by atoms with E-state index < -0.39 is 0 Å². The molecule has 1 saturated heterocycles. The Morgan fingerprint density at radius 2 is 1.57 bits per heavy atom. The summed E-state index contributed by atoms with van der Waals surface area (Å²) in [5, 5.41) is 2.93. The van der Waals surface area contributed by atoms with Crippen LogP contribution in [0.15, 0.2) is 42.5 Å². The van der Waals surface area contributed by atoms with Gasteiger partial charge in [0.05, 0.1) is 33.6 Å². The van der Waals surface area contributed by atoms with Crippen LogP contribution in [-0.4, -0.2) is 64.9 Å². The first-order valence-electron chi connectivity index (χ1n) is 9.26. The normalized spacial score (nSPS) is 14.5. The van der Waals surface area contributed by atoms with Gasteiger partial charge in [-0.05, 0) is 24.3 Å². The van der Waals surface area contributed by atoms with Crippen molar-refractivity contribution in [3.63, 3.8) is 0 Å². The highest BCUT2D eigenvalue weighted by molar-refractivity contribution is 5.92. The smallest absolute Gasteiger partial charge is 0.238 e. The van der Waals surface area contributed by atoms with Gasteiger partial charge in [-0.15, -0.1) is 0 Å². The van der Waals surface area contributed by atoms with Crippen LogP contribution in [0.1, 0.15) is 0 Å². The zero-order valence-electron chi connectivity index (χ0n) is 16.6. The summed E-state index contributed by atoms with van der Waals surface area (Å²) in [6.45, 7) is 3.69. The van der Waals surface area contributed by atoms with E-state index in [1.54, 1.807) is 39.5 Å². The Kier molecular flexibility index (Phi) is 6.60. The lowest BCUT2D eigenvalue weighted by Crippen LogP contribution is -2.48. The third-order valence-corrected chi connectivity index (χ3v) is 4.83. The van der Waals surface area contributed by atoms with E-state index in [4.69, 9.17) is 14.2 Å². The summed E-state index contributed by atoms with van der Waals surface area (Å²) in [5.41, 5.74) is 1.79. The predicted molar refractivity (Wildman–Crippen MR) is 110 cm³/mol. The van der Waals surface area contributed by atoms with Crippen LogP contribution < -0.4 is 24.4 Å². The Bertz CT molecular complexity index is 804. The SMILES string of the molecule is COc1ccc(NC(=O)CN2CCN(c3ccccc3OC)CC2)cc1OC. The summed E-state index contributed by atoms with van der Waals surface area (Å²) in [7, 11) is 4.85. The van der Waals surface area contributed by atoms with Crippen LogP contribution in [0.5, 0.6) is 17.2 Å². The standard InChI is InChI=1S/C21H27N3O4/c1-26-18-7-5-4-6-17(18)24-12-10-23(11-13-24)15-21(25)22-16-8-9-19(27-2)20(14-16)28-3/h4-9,14H,10-13,15H2,1-3H3,(H,22,25). The predicted octanol–water partition coefficient (Wildman–Crippen LogP) is 2.47. The highest BCUT2D eigenvalue weighted by Crippen LogP contribution is 2.30. The number of anilines is 2. The second kappa shape index (κ2) is 9.32. The van der Waals surface area contributed by atoms with Gasteiger partial charge in [-0.25, -0.2) is 0 Å². The zero-order chi connectivity index (χ0) is 19.9. The molecular weight excluding hydrogens is 358 g/mol. The molecule has 1 N–H and O–H groups in total. The van der Waals surface area contributed by atoms with Gasteiger partial charge in [0.2, 0.25) is 5.91 Å². The molecule has 1 amide bonds. The number of carbonyl (C=O) groups excluding carboxylic acids is 1. The molecule has 7 nitrogen and oxygen atoms in total. The average Bonchev–Trinajstić information content (AvgIpc) is 2.74. The van der Waals surface area contributed by atoms with E-state index in [0.717, 1.165) is 37.6 Å². The highest BCUT2D eigenvalue weighted by Gasteiger charge is 2.21. The number of benzene rings is 2. The van der Waals surface area contributed by atoms with Crippen molar-refractivity contribution in [3.05, 3.63) is 42.5 Å². The molecule has 0 radical (unpaired) electrons. The molecule has 0 bridgehead atoms. The molecule has 3 rings (SSSR count). The maximum atomic E-state index is 12.4. The van der Waals surface area contributed by atoms with Gasteiger partial charge in [-0.1, -0.05) is 12.1 Å². The molecule has 2 aromatic carbocycles. The number of carbonyl (C=O) groups is 1. The second-order valence-corrected chi connectivity index (χ2v) is 6.55. The lowest BCUT2D eigenvalue weighted by atomic mass is 10.2. The zero-order valence-corrected chi connectivity index (χ0v) is 16.6. The summed E-state index contributed by atoms with van der Waals surface area (Å²) in [5.74, 6) is 2.05. The largest absolute Gasteiger partial charge is 0.495 e. The van der Waals surface area contributed by atoms with E-state index >= 15 is 0 Å². The van der Waals surface area contributed by atoms with E-state index in [0.29, 0.717) is 23.7 Å². The highest BCUT2D eigenvalue weighted by atomic mass is 16.5. The molecular formula is C21H27N3O4. The van der Waals surface area contributed by atoms with Gasteiger partial charge in [0, 0.05) is 37.9 Å². The quantitative estimate of drug-likeness (QED) is 0.790. The molecule has 0 saturated carbocycles. The number of rotatable bonds is 7. The van der Waals surface area contributed by atoms with Crippen molar-refractivity contribution < 1.29 is 19.0 Å². The molecule has 28 heavy (non-hydrogen) atoms. The van der Waals surface area contributed by atoms with Crippen molar-refractivity contribution in [3.8, 4) is 17.2 Å². The Morgan fingerprint density at radius 3 is 2.25 bits per heavy atom. The number of amides is 1. The van der Waals surface area contributed by atoms with Crippen LogP contribution in [0.4, 0.5) is 11.4 Å². The molecule has 1 aliphatic heterocycles. The maximum absolute atomic E-state index is 12.4. The molecule has 7 heteroatoms. The lowest BCUT2D eigenvalue weighted by molar-refractivity contribution is -0.117. The number of hydrogen-bond donors (Lipinski definition) is 1. The minimum absolute atomic E-state index is 0.0436. The number of nitrogens with zero attached hydrogens (tertiary/aromatic N) is 2. The monoisotopic (exact) mass is 385 g/mol. The number of methoxy groups -OCH3 is 3. The van der Waals surface area contributed by atoms with Crippen molar-refractivity contribution in [2.45, 2.75) is 0 Å². The fourth-order valence-electron chi connectivity index (χ4n) is 3.36. The van der Waals surface area contributed by atoms with Crippen LogP contribution in [0.2, 0.25) is 0 Å². The van der Waals surface area contributed by atoms with Crippen LogP contribution >= 0.6 is 0 Å². The summed E-state index contributed by atoms with van der Waals surface area (Å²) in [4.78, 5) is 16.9. The fourth-order valence-corrected chi connectivity index (χ4v) is 3.36. The molecule has 0 aromatic heterocycles. The number of piperazine rings is 1. The van der Waals surface area contributed by atoms with Crippen molar-refractivity contribution in [2.75, 3.05) is 64.3 Å². The van der Waals surface area contributed by atoms with E-state index in [-0.39, 0.29) is 5.91 Å². The lowest BCUT2D eigenvalue weighted by Gasteiger charge is -2.36. The maximum Gasteiger partial charge on any atom is 0.238 e. The first kappa shape index (κ1) is 19.8. The van der Waals surface area contributed by atoms with Crippen molar-refractivity contribution in [1.29, 1.82) is 0 Å². The average molecular weight is 385 g/mol. The van der Waals surface area contributed by atoms with Crippen molar-refractivity contribution >= 4 is 17.3 Å². The van der Waals surface area contributed by atoms with Gasteiger partial charge < -0.3 is 24.4 Å². The summed E-state index contributed by atoms with van der Waals surface area (Å²) in [6.07, 6.45) is 0. The molecule has 150 valence electrons. The Morgan fingerprint density at radius 1 is 0.893 bits per heavy atom.